The molecule has 2 aromatic rings. The molecule has 0 aliphatic heterocycles. The van der Waals surface area contributed by atoms with Gasteiger partial charge in [-0.3, -0.25) is 20.2 Å². The van der Waals surface area contributed by atoms with Crippen molar-refractivity contribution in [3.63, 3.8) is 0 Å². The van der Waals surface area contributed by atoms with E-state index in [1.54, 1.807) is 6.92 Å². The van der Waals surface area contributed by atoms with Crippen LogP contribution in [-0.2, 0) is 4.74 Å². The van der Waals surface area contributed by atoms with Gasteiger partial charge >= 0.3 is 12.0 Å². The van der Waals surface area contributed by atoms with Crippen molar-refractivity contribution in [3.05, 3.63) is 51.4 Å². The van der Waals surface area contributed by atoms with Gasteiger partial charge in [-0.2, -0.15) is 4.98 Å². The van der Waals surface area contributed by atoms with Gasteiger partial charge < -0.3 is 9.15 Å². The number of nitrogens with zero attached hydrogens (tertiary/aromatic N) is 2. The van der Waals surface area contributed by atoms with Crippen LogP contribution < -0.4 is 5.32 Å². The maximum Gasteiger partial charge on any atom is 0.360 e. The van der Waals surface area contributed by atoms with Gasteiger partial charge in [0.2, 0.25) is 0 Å². The van der Waals surface area contributed by atoms with Gasteiger partial charge in [-0.1, -0.05) is 6.07 Å². The Morgan fingerprint density at radius 1 is 1.43 bits per heavy atom. The quantitative estimate of drug-likeness (QED) is 0.509. The Balaban J connectivity index is 2.18. The van der Waals surface area contributed by atoms with Crippen LogP contribution in [0.4, 0.5) is 11.7 Å². The minimum Gasteiger partial charge on any atom is -0.461 e. The van der Waals surface area contributed by atoms with E-state index in [2.05, 4.69) is 10.3 Å². The molecule has 0 aliphatic carbocycles. The highest BCUT2D eigenvalue weighted by molar-refractivity contribution is 6.05. The third-order valence-corrected chi connectivity index (χ3v) is 2.96. The van der Waals surface area contributed by atoms with E-state index in [0.717, 1.165) is 6.26 Å². The number of nitrogens with one attached hydrogen (secondary N) is 1. The normalized spacial score (nSPS) is 10.2. The van der Waals surface area contributed by atoms with Crippen molar-refractivity contribution >= 4 is 23.6 Å². The average molecular weight is 319 g/mol. The fourth-order valence-corrected chi connectivity index (χ4v) is 1.86. The van der Waals surface area contributed by atoms with Gasteiger partial charge in [0, 0.05) is 17.2 Å². The number of benzene rings is 1. The summed E-state index contributed by atoms with van der Waals surface area (Å²) >= 11 is 0. The summed E-state index contributed by atoms with van der Waals surface area (Å²) in [6.07, 6.45) is 1.05. The summed E-state index contributed by atoms with van der Waals surface area (Å²) in [6.45, 7) is 3.29. The molecule has 120 valence electrons. The van der Waals surface area contributed by atoms with E-state index in [1.165, 1.54) is 25.1 Å². The molecule has 0 atom stereocenters. The number of hydrogen-bond donors (Lipinski definition) is 1. The van der Waals surface area contributed by atoms with Crippen LogP contribution in [0.3, 0.4) is 0 Å². The molecule has 0 saturated carbocycles. The number of carbonyl (C=O) groups is 2. The van der Waals surface area contributed by atoms with E-state index < -0.39 is 16.8 Å². The van der Waals surface area contributed by atoms with Gasteiger partial charge in [-0.05, 0) is 19.9 Å². The Hall–Kier alpha value is -3.23. The molecule has 0 radical (unpaired) electrons. The van der Waals surface area contributed by atoms with Crippen LogP contribution in [0, 0.1) is 17.0 Å². The lowest BCUT2D eigenvalue weighted by Gasteiger charge is -2.05. The van der Waals surface area contributed by atoms with Crippen LogP contribution in [0.5, 0.6) is 0 Å². The van der Waals surface area contributed by atoms with Gasteiger partial charge in [-0.25, -0.2) is 4.79 Å². The number of oxazole rings is 1. The molecule has 23 heavy (non-hydrogen) atoms. The minimum atomic E-state index is -0.678. The second kappa shape index (κ2) is 6.69. The molecular formula is C14H13N3O6. The molecule has 1 heterocycles. The van der Waals surface area contributed by atoms with Crippen molar-refractivity contribution in [3.8, 4) is 0 Å². The third kappa shape index (κ3) is 3.51. The first-order valence-electron chi connectivity index (χ1n) is 6.62. The summed E-state index contributed by atoms with van der Waals surface area (Å²) in [5.41, 5.74) is 0.0671. The number of esters is 1. The molecule has 1 N–H and O–H groups in total. The molecule has 0 saturated heterocycles. The highest BCUT2D eigenvalue weighted by Crippen LogP contribution is 2.22. The van der Waals surface area contributed by atoms with E-state index >= 15 is 0 Å². The van der Waals surface area contributed by atoms with Gasteiger partial charge in [0.25, 0.3) is 11.6 Å². The maximum absolute atomic E-state index is 12.2. The summed E-state index contributed by atoms with van der Waals surface area (Å²) in [5, 5.41) is 13.2. The summed E-state index contributed by atoms with van der Waals surface area (Å²) < 4.78 is 9.71. The largest absolute Gasteiger partial charge is 0.461 e. The predicted octanol–water partition coefficient (Wildman–Crippen LogP) is 2.32. The van der Waals surface area contributed by atoms with Crippen LogP contribution in [-0.4, -0.2) is 28.4 Å². The van der Waals surface area contributed by atoms with Crippen molar-refractivity contribution in [1.82, 2.24) is 4.98 Å². The number of aromatic nitrogens is 1. The standard InChI is InChI=1S/C14H13N3O6/c1-3-22-13(19)10-7-23-14(15-10)16-12(18)9-5-4-6-11(8(9)2)17(20)21/h4-7H,3H2,1-2H3,(H,15,16,18). The number of hydrogen-bond acceptors (Lipinski definition) is 7. The fourth-order valence-electron chi connectivity index (χ4n) is 1.86. The minimum absolute atomic E-state index is 0.0853. The van der Waals surface area contributed by atoms with E-state index in [4.69, 9.17) is 9.15 Å². The number of ether oxygens (including phenoxy) is 1. The van der Waals surface area contributed by atoms with Gasteiger partial charge in [-0.15, -0.1) is 0 Å². The number of nitro benzene ring substituents is 1. The van der Waals surface area contributed by atoms with Gasteiger partial charge in [0.05, 0.1) is 11.5 Å². The fraction of sp³-hybridized carbons (Fsp3) is 0.214. The average Bonchev–Trinajstić information content (AvgIpc) is 2.96. The predicted molar refractivity (Wildman–Crippen MR) is 78.2 cm³/mol. The lowest BCUT2D eigenvalue weighted by molar-refractivity contribution is -0.385. The molecule has 9 nitrogen and oxygen atoms in total. The molecule has 9 heteroatoms. The van der Waals surface area contributed by atoms with Crippen LogP contribution in [0.15, 0.2) is 28.9 Å². The molecule has 0 fully saturated rings. The van der Waals surface area contributed by atoms with Crippen LogP contribution in [0.1, 0.15) is 33.3 Å². The van der Waals surface area contributed by atoms with E-state index in [-0.39, 0.29) is 35.1 Å². The second-order valence-electron chi connectivity index (χ2n) is 4.42. The van der Waals surface area contributed by atoms with Crippen LogP contribution in [0.25, 0.3) is 0 Å². The van der Waals surface area contributed by atoms with Crippen molar-refractivity contribution in [2.45, 2.75) is 13.8 Å². The van der Waals surface area contributed by atoms with E-state index in [9.17, 15) is 19.7 Å². The zero-order chi connectivity index (χ0) is 17.0. The smallest absolute Gasteiger partial charge is 0.360 e. The summed E-state index contributed by atoms with van der Waals surface area (Å²) in [7, 11) is 0. The SMILES string of the molecule is CCOC(=O)c1coc(NC(=O)c2cccc([N+](=O)[O-])c2C)n1. The first-order valence-corrected chi connectivity index (χ1v) is 6.62. The molecule has 2 rings (SSSR count). The van der Waals surface area contributed by atoms with E-state index in [1.807, 2.05) is 0 Å². The summed E-state index contributed by atoms with van der Waals surface area (Å²) in [5.74, 6) is -1.31. The molecule has 0 aliphatic rings. The van der Waals surface area contributed by atoms with Crippen LogP contribution >= 0.6 is 0 Å². The van der Waals surface area contributed by atoms with Gasteiger partial charge in [0.15, 0.2) is 5.69 Å². The van der Waals surface area contributed by atoms with E-state index in [0.29, 0.717) is 0 Å². The second-order valence-corrected chi connectivity index (χ2v) is 4.42. The molecule has 1 aromatic heterocycles. The summed E-state index contributed by atoms with van der Waals surface area (Å²) in [4.78, 5) is 37.7. The number of amides is 1. The number of carbonyl (C=O) groups excluding carboxylic acids is 2. The molecule has 0 unspecified atom stereocenters. The molecular weight excluding hydrogens is 306 g/mol. The lowest BCUT2D eigenvalue weighted by atomic mass is 10.1. The number of anilines is 1. The van der Waals surface area contributed by atoms with Crippen molar-refractivity contribution in [2.75, 3.05) is 11.9 Å². The highest BCUT2D eigenvalue weighted by atomic mass is 16.6. The van der Waals surface area contributed by atoms with Gasteiger partial charge in [0.1, 0.15) is 6.26 Å². The summed E-state index contributed by atoms with van der Waals surface area (Å²) in [6, 6.07) is 3.94. The number of nitro groups is 1. The van der Waals surface area contributed by atoms with Crippen molar-refractivity contribution < 1.29 is 23.7 Å². The Kier molecular flexibility index (Phi) is 4.69. The van der Waals surface area contributed by atoms with Crippen molar-refractivity contribution in [2.24, 2.45) is 0 Å². The topological polar surface area (TPSA) is 125 Å². The monoisotopic (exact) mass is 319 g/mol. The highest BCUT2D eigenvalue weighted by Gasteiger charge is 2.20. The molecule has 0 spiro atoms. The Morgan fingerprint density at radius 3 is 2.83 bits per heavy atom. The molecule has 1 amide bonds. The molecule has 0 bridgehead atoms. The lowest BCUT2D eigenvalue weighted by Crippen LogP contribution is -2.14. The first kappa shape index (κ1) is 16.1. The van der Waals surface area contributed by atoms with Crippen LogP contribution in [0.2, 0.25) is 0 Å². The zero-order valence-electron chi connectivity index (χ0n) is 12.4. The first-order chi connectivity index (χ1) is 10.9. The van der Waals surface area contributed by atoms with Crippen molar-refractivity contribution in [1.29, 1.82) is 0 Å². The Morgan fingerprint density at radius 2 is 2.17 bits per heavy atom. The zero-order valence-corrected chi connectivity index (χ0v) is 12.4. The third-order valence-electron chi connectivity index (χ3n) is 2.96. The Bertz CT molecular complexity index is 768. The Labute approximate surface area is 130 Å². The molecule has 1 aromatic carbocycles. The maximum atomic E-state index is 12.2. The number of rotatable bonds is 5.